The van der Waals surface area contributed by atoms with E-state index in [1.807, 2.05) is 0 Å². The predicted molar refractivity (Wildman–Crippen MR) is 59.3 cm³/mol. The van der Waals surface area contributed by atoms with E-state index >= 15 is 0 Å². The summed E-state index contributed by atoms with van der Waals surface area (Å²) in [5, 5.41) is 0. The maximum absolute atomic E-state index is 13.3. The van der Waals surface area contributed by atoms with Crippen LogP contribution in [0, 0.1) is 11.6 Å². The number of nitrogen functional groups attached to an aromatic ring is 1. The number of aromatic nitrogens is 1. The topological polar surface area (TPSA) is 48.1 Å². The van der Waals surface area contributed by atoms with Crippen LogP contribution in [0.25, 0.3) is 0 Å². The van der Waals surface area contributed by atoms with E-state index in [0.29, 0.717) is 11.4 Å². The van der Waals surface area contributed by atoms with Gasteiger partial charge in [0, 0.05) is 11.8 Å². The molecule has 0 spiro atoms. The molecular formula is C12H10F2N2O. The minimum absolute atomic E-state index is 0.0417. The van der Waals surface area contributed by atoms with Gasteiger partial charge in [-0.25, -0.2) is 9.37 Å². The molecule has 0 fully saturated rings. The molecule has 2 N–H and O–H groups in total. The van der Waals surface area contributed by atoms with Crippen molar-refractivity contribution in [2.24, 2.45) is 0 Å². The lowest BCUT2D eigenvalue weighted by molar-refractivity contribution is 0.285. The molecule has 1 aromatic carbocycles. The van der Waals surface area contributed by atoms with Crippen LogP contribution in [-0.4, -0.2) is 4.98 Å². The lowest BCUT2D eigenvalue weighted by Crippen LogP contribution is -2.03. The lowest BCUT2D eigenvalue weighted by atomic mass is 10.2. The fourth-order valence-corrected chi connectivity index (χ4v) is 1.32. The van der Waals surface area contributed by atoms with Crippen molar-refractivity contribution in [2.75, 3.05) is 5.73 Å². The molecule has 0 atom stereocenters. The first kappa shape index (κ1) is 11.3. The highest BCUT2D eigenvalue weighted by Crippen LogP contribution is 2.21. The summed E-state index contributed by atoms with van der Waals surface area (Å²) in [6.45, 7) is 0.0417. The van der Waals surface area contributed by atoms with Crippen molar-refractivity contribution in [3.8, 4) is 5.75 Å². The number of hydrogen-bond donors (Lipinski definition) is 1. The fraction of sp³-hybridized carbons (Fsp3) is 0.0833. The van der Waals surface area contributed by atoms with Gasteiger partial charge >= 0.3 is 0 Å². The number of ether oxygens (including phenoxy) is 1. The van der Waals surface area contributed by atoms with Crippen LogP contribution in [0.15, 0.2) is 36.5 Å². The van der Waals surface area contributed by atoms with E-state index in [2.05, 4.69) is 4.98 Å². The SMILES string of the molecule is Nc1ncccc1COc1cccc(F)c1F. The number of benzene rings is 1. The molecule has 0 saturated carbocycles. The zero-order chi connectivity index (χ0) is 12.3. The first-order valence-electron chi connectivity index (χ1n) is 4.94. The summed E-state index contributed by atoms with van der Waals surface area (Å²) in [6, 6.07) is 7.16. The number of rotatable bonds is 3. The molecule has 0 aliphatic heterocycles. The molecule has 1 heterocycles. The molecular weight excluding hydrogens is 226 g/mol. The number of nitrogens with two attached hydrogens (primary N) is 1. The maximum Gasteiger partial charge on any atom is 0.200 e. The van der Waals surface area contributed by atoms with E-state index in [0.717, 1.165) is 6.07 Å². The quantitative estimate of drug-likeness (QED) is 0.890. The van der Waals surface area contributed by atoms with Crippen LogP contribution in [0.2, 0.25) is 0 Å². The molecule has 0 saturated heterocycles. The minimum Gasteiger partial charge on any atom is -0.486 e. The van der Waals surface area contributed by atoms with Gasteiger partial charge in [0.2, 0.25) is 5.82 Å². The summed E-state index contributed by atoms with van der Waals surface area (Å²) < 4.78 is 31.3. The number of hydrogen-bond acceptors (Lipinski definition) is 3. The van der Waals surface area contributed by atoms with Gasteiger partial charge in [-0.15, -0.1) is 0 Å². The second kappa shape index (κ2) is 4.78. The van der Waals surface area contributed by atoms with Crippen LogP contribution in [0.4, 0.5) is 14.6 Å². The summed E-state index contributed by atoms with van der Waals surface area (Å²) in [6.07, 6.45) is 1.54. The van der Waals surface area contributed by atoms with Crippen molar-refractivity contribution in [3.05, 3.63) is 53.7 Å². The maximum atomic E-state index is 13.3. The Kier molecular flexibility index (Phi) is 3.18. The smallest absolute Gasteiger partial charge is 0.200 e. The Morgan fingerprint density at radius 2 is 2.00 bits per heavy atom. The highest BCUT2D eigenvalue weighted by molar-refractivity contribution is 5.38. The highest BCUT2D eigenvalue weighted by Gasteiger charge is 2.09. The van der Waals surface area contributed by atoms with E-state index in [4.69, 9.17) is 10.5 Å². The number of halogens is 2. The van der Waals surface area contributed by atoms with Gasteiger partial charge in [0.05, 0.1) is 0 Å². The van der Waals surface area contributed by atoms with Crippen molar-refractivity contribution in [2.45, 2.75) is 6.61 Å². The van der Waals surface area contributed by atoms with Crippen molar-refractivity contribution in [1.29, 1.82) is 0 Å². The van der Waals surface area contributed by atoms with Crippen LogP contribution in [0.5, 0.6) is 5.75 Å². The van der Waals surface area contributed by atoms with Crippen LogP contribution in [-0.2, 0) is 6.61 Å². The van der Waals surface area contributed by atoms with Gasteiger partial charge in [0.1, 0.15) is 12.4 Å². The van der Waals surface area contributed by atoms with Crippen LogP contribution in [0.1, 0.15) is 5.56 Å². The van der Waals surface area contributed by atoms with Crippen LogP contribution in [0.3, 0.4) is 0 Å². The van der Waals surface area contributed by atoms with Crippen LogP contribution < -0.4 is 10.5 Å². The summed E-state index contributed by atoms with van der Waals surface area (Å²) in [5.41, 5.74) is 6.22. The number of anilines is 1. The van der Waals surface area contributed by atoms with E-state index in [9.17, 15) is 8.78 Å². The molecule has 88 valence electrons. The average molecular weight is 236 g/mol. The van der Waals surface area contributed by atoms with Gasteiger partial charge in [0.25, 0.3) is 0 Å². The molecule has 5 heteroatoms. The monoisotopic (exact) mass is 236 g/mol. The second-order valence-electron chi connectivity index (χ2n) is 3.39. The Morgan fingerprint density at radius 1 is 1.18 bits per heavy atom. The zero-order valence-corrected chi connectivity index (χ0v) is 8.86. The highest BCUT2D eigenvalue weighted by atomic mass is 19.2. The average Bonchev–Trinajstić information content (AvgIpc) is 2.33. The third-order valence-electron chi connectivity index (χ3n) is 2.23. The molecule has 3 nitrogen and oxygen atoms in total. The zero-order valence-electron chi connectivity index (χ0n) is 8.86. The largest absolute Gasteiger partial charge is 0.486 e. The molecule has 0 bridgehead atoms. The summed E-state index contributed by atoms with van der Waals surface area (Å²) in [5.74, 6) is -1.78. The van der Waals surface area contributed by atoms with Gasteiger partial charge in [-0.2, -0.15) is 4.39 Å². The number of pyridine rings is 1. The van der Waals surface area contributed by atoms with Gasteiger partial charge in [-0.3, -0.25) is 0 Å². The first-order chi connectivity index (χ1) is 8.18. The predicted octanol–water partition coefficient (Wildman–Crippen LogP) is 2.52. The standard InChI is InChI=1S/C12H10F2N2O/c13-9-4-1-5-10(11(9)14)17-7-8-3-2-6-16-12(8)15/h1-6H,7H2,(H2,15,16). The first-order valence-corrected chi connectivity index (χ1v) is 4.94. The van der Waals surface area contributed by atoms with Crippen molar-refractivity contribution >= 4 is 5.82 Å². The lowest BCUT2D eigenvalue weighted by Gasteiger charge is -2.08. The Morgan fingerprint density at radius 3 is 2.76 bits per heavy atom. The van der Waals surface area contributed by atoms with E-state index in [1.54, 1.807) is 18.3 Å². The molecule has 0 amide bonds. The normalized spacial score (nSPS) is 10.2. The fourth-order valence-electron chi connectivity index (χ4n) is 1.32. The molecule has 0 aliphatic carbocycles. The Bertz CT molecular complexity index is 532. The summed E-state index contributed by atoms with van der Waals surface area (Å²) in [7, 11) is 0. The second-order valence-corrected chi connectivity index (χ2v) is 3.39. The molecule has 2 aromatic rings. The number of nitrogens with zero attached hydrogens (tertiary/aromatic N) is 1. The van der Waals surface area contributed by atoms with E-state index in [1.165, 1.54) is 12.1 Å². The third-order valence-corrected chi connectivity index (χ3v) is 2.23. The van der Waals surface area contributed by atoms with Crippen molar-refractivity contribution < 1.29 is 13.5 Å². The molecule has 0 aliphatic rings. The minimum atomic E-state index is -1.00. The third kappa shape index (κ3) is 2.50. The van der Waals surface area contributed by atoms with Gasteiger partial charge in [-0.1, -0.05) is 12.1 Å². The van der Waals surface area contributed by atoms with Crippen molar-refractivity contribution in [3.63, 3.8) is 0 Å². The summed E-state index contributed by atoms with van der Waals surface area (Å²) in [4.78, 5) is 3.86. The molecule has 2 rings (SSSR count). The van der Waals surface area contributed by atoms with E-state index < -0.39 is 11.6 Å². The van der Waals surface area contributed by atoms with Gasteiger partial charge in [0.15, 0.2) is 11.6 Å². The van der Waals surface area contributed by atoms with Crippen molar-refractivity contribution in [1.82, 2.24) is 4.98 Å². The molecule has 0 radical (unpaired) electrons. The van der Waals surface area contributed by atoms with Crippen LogP contribution >= 0.6 is 0 Å². The molecule has 0 unspecified atom stereocenters. The van der Waals surface area contributed by atoms with Gasteiger partial charge in [-0.05, 0) is 18.2 Å². The Balaban J connectivity index is 2.13. The Labute approximate surface area is 96.9 Å². The Hall–Kier alpha value is -2.17. The van der Waals surface area contributed by atoms with E-state index in [-0.39, 0.29) is 12.4 Å². The summed E-state index contributed by atoms with van der Waals surface area (Å²) >= 11 is 0. The van der Waals surface area contributed by atoms with Gasteiger partial charge < -0.3 is 10.5 Å². The molecule has 17 heavy (non-hydrogen) atoms. The molecule has 1 aromatic heterocycles.